The minimum absolute atomic E-state index is 0.0975. The van der Waals surface area contributed by atoms with Crippen LogP contribution in [0, 0.1) is 5.92 Å². The van der Waals surface area contributed by atoms with Crippen LogP contribution in [0.2, 0.25) is 0 Å². The molecule has 4 N–H and O–H groups in total. The van der Waals surface area contributed by atoms with E-state index in [0.29, 0.717) is 37.8 Å². The number of aromatic nitrogens is 4. The fraction of sp³-hybridized carbons (Fsp3) is 0.370. The molecule has 2 saturated heterocycles. The van der Waals surface area contributed by atoms with Crippen molar-refractivity contribution in [3.05, 3.63) is 121 Å². The number of hydrogen-bond donors (Lipinski definition) is 4. The first-order valence-electron chi connectivity index (χ1n) is 20.7. The lowest BCUT2D eigenvalue weighted by atomic mass is 10.0. The molecule has 0 radical (unpaired) electrons. The van der Waals surface area contributed by atoms with Crippen molar-refractivity contribution >= 4 is 17.9 Å². The second-order valence-corrected chi connectivity index (χ2v) is 15.8. The second kappa shape index (κ2) is 18.8. The number of alkyl carbamates (subject to hydrolysis) is 1. The normalized spacial score (nSPS) is 19.0. The number of H-pyrrole nitrogens is 2. The van der Waals surface area contributed by atoms with E-state index in [-0.39, 0.29) is 37.8 Å². The van der Waals surface area contributed by atoms with Gasteiger partial charge in [-0.25, -0.2) is 14.8 Å². The van der Waals surface area contributed by atoms with Crippen LogP contribution >= 0.6 is 0 Å². The van der Waals surface area contributed by atoms with E-state index in [1.165, 1.54) is 7.11 Å². The van der Waals surface area contributed by atoms with Gasteiger partial charge in [0.05, 0.1) is 56.7 Å². The van der Waals surface area contributed by atoms with E-state index in [4.69, 9.17) is 28.7 Å². The fourth-order valence-corrected chi connectivity index (χ4v) is 8.28. The number of likely N-dealkylation sites (tertiary alicyclic amines) is 1. The lowest BCUT2D eigenvalue weighted by molar-refractivity contribution is -0.153. The Morgan fingerprint density at radius 3 is 2.05 bits per heavy atom. The van der Waals surface area contributed by atoms with E-state index < -0.39 is 36.0 Å². The smallest absolute Gasteiger partial charge is 0.407 e. The van der Waals surface area contributed by atoms with Gasteiger partial charge in [0.25, 0.3) is 0 Å². The van der Waals surface area contributed by atoms with Crippen LogP contribution in [0.3, 0.4) is 0 Å². The predicted molar refractivity (Wildman–Crippen MR) is 229 cm³/mol. The zero-order valence-corrected chi connectivity index (χ0v) is 35.2. The summed E-state index contributed by atoms with van der Waals surface area (Å²) in [5.74, 6) is -0.116. The van der Waals surface area contributed by atoms with Gasteiger partial charge in [-0.3, -0.25) is 14.9 Å². The van der Waals surface area contributed by atoms with Crippen LogP contribution < -0.4 is 10.6 Å². The molecule has 16 heteroatoms. The van der Waals surface area contributed by atoms with Gasteiger partial charge >= 0.3 is 6.09 Å². The van der Waals surface area contributed by atoms with Gasteiger partial charge in [-0.05, 0) is 33.7 Å². The number of nitrogens with zero attached hydrogens (tertiary/aromatic N) is 4. The quantitative estimate of drug-likeness (QED) is 0.0561. The van der Waals surface area contributed by atoms with Gasteiger partial charge in [0.15, 0.2) is 5.79 Å². The van der Waals surface area contributed by atoms with Crippen molar-refractivity contribution in [1.29, 1.82) is 0 Å². The molecular weight excluding hydrogens is 793 g/mol. The highest BCUT2D eigenvalue weighted by atomic mass is 16.7. The summed E-state index contributed by atoms with van der Waals surface area (Å²) in [5.41, 5.74) is 6.41. The number of carbonyl (C=O) groups excluding carboxylic acids is 3. The predicted octanol–water partition coefficient (Wildman–Crippen LogP) is 5.88. The molecule has 3 amide bonds. The summed E-state index contributed by atoms with van der Waals surface area (Å²) in [6.07, 6.45) is 7.22. The van der Waals surface area contributed by atoms with Crippen molar-refractivity contribution in [3.63, 3.8) is 0 Å². The number of aromatic amines is 2. The van der Waals surface area contributed by atoms with E-state index in [9.17, 15) is 14.4 Å². The number of carbonyl (C=O) groups is 3. The van der Waals surface area contributed by atoms with Crippen molar-refractivity contribution in [2.75, 3.05) is 54.0 Å². The number of nitrogens with one attached hydrogen (secondary N) is 4. The maximum absolute atomic E-state index is 14.4. The topological polar surface area (TPSA) is 185 Å². The van der Waals surface area contributed by atoms with Crippen molar-refractivity contribution in [2.45, 2.75) is 50.2 Å². The first kappa shape index (κ1) is 42.5. The number of hydrogen-bond acceptors (Lipinski definition) is 11. The van der Waals surface area contributed by atoms with E-state index in [0.717, 1.165) is 39.2 Å². The molecule has 0 saturated carbocycles. The van der Waals surface area contributed by atoms with Crippen LogP contribution in [-0.2, 0) is 33.3 Å². The third kappa shape index (κ3) is 9.05. The largest absolute Gasteiger partial charge is 0.453 e. The Hall–Kier alpha value is -6.17. The molecule has 3 aliphatic rings. The Labute approximate surface area is 360 Å². The van der Waals surface area contributed by atoms with Crippen LogP contribution in [0.15, 0.2) is 103 Å². The first-order chi connectivity index (χ1) is 30.2. The molecule has 0 bridgehead atoms. The van der Waals surface area contributed by atoms with E-state index in [1.54, 1.807) is 29.3 Å². The molecule has 2 fully saturated rings. The third-order valence-corrected chi connectivity index (χ3v) is 11.5. The van der Waals surface area contributed by atoms with Gasteiger partial charge in [0.1, 0.15) is 43.3 Å². The maximum Gasteiger partial charge on any atom is 0.407 e. The number of amides is 3. The average molecular weight is 845 g/mol. The highest BCUT2D eigenvalue weighted by molar-refractivity contribution is 5.87. The number of benzene rings is 3. The van der Waals surface area contributed by atoms with Gasteiger partial charge in [-0.1, -0.05) is 105 Å². The highest BCUT2D eigenvalue weighted by Gasteiger charge is 2.52. The minimum Gasteiger partial charge on any atom is -0.453 e. The molecule has 16 nitrogen and oxygen atoms in total. The van der Waals surface area contributed by atoms with Gasteiger partial charge in [-0.2, -0.15) is 0 Å². The summed E-state index contributed by atoms with van der Waals surface area (Å²) in [5, 5.41) is 5.92. The molecule has 5 heterocycles. The van der Waals surface area contributed by atoms with E-state index in [2.05, 4.69) is 49.9 Å². The molecule has 2 aromatic heterocycles. The highest BCUT2D eigenvalue weighted by Crippen LogP contribution is 2.43. The SMILES string of the molecule is COCOCN[C@@H](C(=O)N1CC2(C[C@H]1c1ncc(-c3ccc(-c4ccc(-c5cnc([C@@H]6C=CCN6C(=O)[C@@H](NC(=O)OC)C(C)C)[nH]5)cc4)cc3)[nH]1)OCCO2)c1ccccc1. The summed E-state index contributed by atoms with van der Waals surface area (Å²) < 4.78 is 27.5. The third-order valence-electron chi connectivity index (χ3n) is 11.5. The Kier molecular flexibility index (Phi) is 12.9. The zero-order valence-electron chi connectivity index (χ0n) is 35.2. The fourth-order valence-electron chi connectivity index (χ4n) is 8.28. The zero-order chi connectivity index (χ0) is 43.2. The molecule has 0 unspecified atom stereocenters. The summed E-state index contributed by atoms with van der Waals surface area (Å²) >= 11 is 0. The number of ether oxygens (including phenoxy) is 5. The molecular formula is C46H52N8O8. The van der Waals surface area contributed by atoms with Gasteiger partial charge in [-0.15, -0.1) is 0 Å². The summed E-state index contributed by atoms with van der Waals surface area (Å²) in [6.45, 7) is 5.57. The molecule has 324 valence electrons. The Morgan fingerprint density at radius 2 is 1.44 bits per heavy atom. The van der Waals surface area contributed by atoms with E-state index >= 15 is 0 Å². The lowest BCUT2D eigenvalue weighted by Crippen LogP contribution is -2.51. The standard InChI is InChI=1S/C46H52N8O8/c1-29(2)39(52-45(57)59-4)43(55)53-20-8-11-37(53)41-47-24-35(50-41)32-16-12-30(13-17-32)31-14-18-33(19-15-31)36-25-48-42(51-36)38-23-46(61-21-22-62-46)26-54(38)44(56)40(49-27-60-28-58-3)34-9-6-5-7-10-34/h5-19,24-25,29,37-40,49H,20-23,26-28H2,1-4H3,(H,47,50)(H,48,51)(H,52,57)/t37-,38-,39-,40+/m0/s1. The summed E-state index contributed by atoms with van der Waals surface area (Å²) in [4.78, 5) is 59.8. The van der Waals surface area contributed by atoms with Crippen LogP contribution in [0.5, 0.6) is 0 Å². The molecule has 1 spiro atoms. The second-order valence-electron chi connectivity index (χ2n) is 15.8. The Balaban J connectivity index is 0.950. The minimum atomic E-state index is -0.907. The van der Waals surface area contributed by atoms with Crippen LogP contribution in [0.25, 0.3) is 33.6 Å². The Bertz CT molecular complexity index is 2340. The van der Waals surface area contributed by atoms with Crippen molar-refractivity contribution in [1.82, 2.24) is 40.4 Å². The molecule has 3 aromatic carbocycles. The molecule has 8 rings (SSSR count). The summed E-state index contributed by atoms with van der Waals surface area (Å²) in [7, 11) is 2.83. The van der Waals surface area contributed by atoms with Crippen molar-refractivity contribution in [2.24, 2.45) is 5.92 Å². The first-order valence-corrected chi connectivity index (χ1v) is 20.7. The Morgan fingerprint density at radius 1 is 0.823 bits per heavy atom. The number of imidazole rings is 2. The summed E-state index contributed by atoms with van der Waals surface area (Å²) in [6, 6.07) is 23.8. The van der Waals surface area contributed by atoms with Gasteiger partial charge < -0.3 is 48.8 Å². The van der Waals surface area contributed by atoms with Crippen molar-refractivity contribution in [3.8, 4) is 33.6 Å². The lowest BCUT2D eigenvalue weighted by Gasteiger charge is -2.29. The monoisotopic (exact) mass is 844 g/mol. The molecule has 5 aromatic rings. The number of methoxy groups -OCH3 is 2. The molecule has 3 aliphatic heterocycles. The van der Waals surface area contributed by atoms with Crippen LogP contribution in [0.4, 0.5) is 4.79 Å². The van der Waals surface area contributed by atoms with Crippen LogP contribution in [-0.4, -0.2) is 114 Å². The maximum atomic E-state index is 14.4. The van der Waals surface area contributed by atoms with Gasteiger partial charge in [0, 0.05) is 20.1 Å². The van der Waals surface area contributed by atoms with Crippen LogP contribution in [0.1, 0.15) is 55.6 Å². The van der Waals surface area contributed by atoms with E-state index in [1.807, 2.05) is 80.6 Å². The van der Waals surface area contributed by atoms with Gasteiger partial charge in [0.2, 0.25) is 11.8 Å². The van der Waals surface area contributed by atoms with Crippen molar-refractivity contribution < 1.29 is 38.1 Å². The molecule has 62 heavy (non-hydrogen) atoms. The average Bonchev–Trinajstić information content (AvgIpc) is 4.17. The number of rotatable bonds is 15. The molecule has 0 aliphatic carbocycles. The molecule has 4 atom stereocenters.